The third-order valence-electron chi connectivity index (χ3n) is 2.97. The first-order chi connectivity index (χ1) is 11.9. The molecule has 0 aliphatic rings. The van der Waals surface area contributed by atoms with Gasteiger partial charge in [-0.25, -0.2) is 14.2 Å². The molecule has 0 radical (unpaired) electrons. The monoisotopic (exact) mass is 359 g/mol. The van der Waals surface area contributed by atoms with Crippen molar-refractivity contribution in [2.75, 3.05) is 4.90 Å². The number of thiazole rings is 1. The molecule has 1 heterocycles. The first-order valence-corrected chi connectivity index (χ1v) is 8.09. The van der Waals surface area contributed by atoms with Crippen LogP contribution >= 0.6 is 11.3 Å². The van der Waals surface area contributed by atoms with Gasteiger partial charge in [0, 0.05) is 18.4 Å². The minimum Gasteiger partial charge on any atom is -0.444 e. The van der Waals surface area contributed by atoms with Gasteiger partial charge in [0.1, 0.15) is 11.9 Å². The number of nitrogens with zero attached hydrogens (tertiary/aromatic N) is 3. The highest BCUT2D eigenvalue weighted by Gasteiger charge is 2.20. The Bertz CT molecular complexity index is 857. The summed E-state index contributed by atoms with van der Waals surface area (Å²) in [5.41, 5.74) is 0.506. The standard InChI is InChI=1S/C17H14FN3O3S/c1-11(9-19)24-16(23)8-7-13-10-25-17(20-13)21(12(2)22)15-6-4-3-5-14(15)18/h3-8,10-11H,1-2H3/b8-7+/t11-/m0/s1. The summed E-state index contributed by atoms with van der Waals surface area (Å²) >= 11 is 1.13. The molecule has 0 aliphatic heterocycles. The van der Waals surface area contributed by atoms with Crippen molar-refractivity contribution < 1.29 is 18.7 Å². The Morgan fingerprint density at radius 2 is 2.16 bits per heavy atom. The molecule has 1 aromatic carbocycles. The average Bonchev–Trinajstić information content (AvgIpc) is 3.03. The zero-order valence-corrected chi connectivity index (χ0v) is 14.3. The Morgan fingerprint density at radius 3 is 2.80 bits per heavy atom. The molecule has 2 aromatic rings. The largest absolute Gasteiger partial charge is 0.444 e. The van der Waals surface area contributed by atoms with E-state index in [-0.39, 0.29) is 10.8 Å². The van der Waals surface area contributed by atoms with Crippen LogP contribution in [0.15, 0.2) is 35.7 Å². The molecule has 0 fully saturated rings. The fourth-order valence-corrected chi connectivity index (χ4v) is 2.74. The molecule has 1 amide bonds. The number of rotatable bonds is 5. The molecule has 25 heavy (non-hydrogen) atoms. The van der Waals surface area contributed by atoms with Gasteiger partial charge in [-0.3, -0.25) is 9.69 Å². The Kier molecular flexibility index (Phi) is 5.98. The summed E-state index contributed by atoms with van der Waals surface area (Å²) in [6, 6.07) is 7.66. The molecule has 6 nitrogen and oxygen atoms in total. The second-order valence-electron chi connectivity index (χ2n) is 4.90. The highest BCUT2D eigenvalue weighted by molar-refractivity contribution is 7.14. The van der Waals surface area contributed by atoms with E-state index in [9.17, 15) is 14.0 Å². The minimum absolute atomic E-state index is 0.0992. The molecule has 0 unspecified atom stereocenters. The molecule has 128 valence electrons. The maximum atomic E-state index is 14.0. The summed E-state index contributed by atoms with van der Waals surface area (Å²) < 4.78 is 18.8. The third kappa shape index (κ3) is 4.71. The van der Waals surface area contributed by atoms with Crippen molar-refractivity contribution in [3.05, 3.63) is 47.2 Å². The lowest BCUT2D eigenvalue weighted by molar-refractivity contribution is -0.139. The quantitative estimate of drug-likeness (QED) is 0.603. The van der Waals surface area contributed by atoms with Crippen LogP contribution in [-0.2, 0) is 14.3 Å². The van der Waals surface area contributed by atoms with Gasteiger partial charge in [0.2, 0.25) is 5.91 Å². The molecule has 0 saturated carbocycles. The lowest BCUT2D eigenvalue weighted by atomic mass is 10.3. The van der Waals surface area contributed by atoms with Crippen LogP contribution in [-0.4, -0.2) is 23.0 Å². The first-order valence-electron chi connectivity index (χ1n) is 7.21. The van der Waals surface area contributed by atoms with Crippen molar-refractivity contribution in [1.29, 1.82) is 5.26 Å². The summed E-state index contributed by atoms with van der Waals surface area (Å²) in [5.74, 6) is -1.61. The van der Waals surface area contributed by atoms with Gasteiger partial charge >= 0.3 is 5.97 Å². The van der Waals surface area contributed by atoms with Gasteiger partial charge in [0.25, 0.3) is 0 Å². The van der Waals surface area contributed by atoms with E-state index < -0.39 is 23.8 Å². The number of nitriles is 1. The fraction of sp³-hybridized carbons (Fsp3) is 0.176. The van der Waals surface area contributed by atoms with E-state index in [0.29, 0.717) is 5.69 Å². The number of halogens is 1. The number of amides is 1. The van der Waals surface area contributed by atoms with Crippen molar-refractivity contribution in [2.45, 2.75) is 20.0 Å². The molecule has 1 aromatic heterocycles. The number of carbonyl (C=O) groups excluding carboxylic acids is 2. The molecule has 0 N–H and O–H groups in total. The maximum absolute atomic E-state index is 14.0. The van der Waals surface area contributed by atoms with Crippen molar-refractivity contribution in [1.82, 2.24) is 4.98 Å². The maximum Gasteiger partial charge on any atom is 0.332 e. The second kappa shape index (κ2) is 8.17. The molecule has 0 spiro atoms. The Balaban J connectivity index is 2.21. The molecule has 0 aliphatic carbocycles. The average molecular weight is 359 g/mol. The minimum atomic E-state index is -0.850. The van der Waals surface area contributed by atoms with E-state index >= 15 is 0 Å². The van der Waals surface area contributed by atoms with Crippen LogP contribution in [0.5, 0.6) is 0 Å². The van der Waals surface area contributed by atoms with Crippen LogP contribution in [0.2, 0.25) is 0 Å². The predicted molar refractivity (Wildman–Crippen MR) is 91.5 cm³/mol. The predicted octanol–water partition coefficient (Wildman–Crippen LogP) is 3.44. The number of hydrogen-bond acceptors (Lipinski definition) is 6. The normalized spacial score (nSPS) is 11.8. The van der Waals surface area contributed by atoms with E-state index in [0.717, 1.165) is 22.3 Å². The van der Waals surface area contributed by atoms with E-state index in [1.165, 1.54) is 38.1 Å². The summed E-state index contributed by atoms with van der Waals surface area (Å²) in [5, 5.41) is 10.5. The number of ether oxygens (including phenoxy) is 1. The van der Waals surface area contributed by atoms with Crippen molar-refractivity contribution in [2.24, 2.45) is 0 Å². The van der Waals surface area contributed by atoms with Crippen LogP contribution in [0.4, 0.5) is 15.2 Å². The van der Waals surface area contributed by atoms with Crippen LogP contribution in [0.3, 0.4) is 0 Å². The summed E-state index contributed by atoms with van der Waals surface area (Å²) in [4.78, 5) is 28.8. The second-order valence-corrected chi connectivity index (χ2v) is 5.74. The Labute approximate surface area is 147 Å². The number of carbonyl (C=O) groups is 2. The van der Waals surface area contributed by atoms with E-state index in [4.69, 9.17) is 10.00 Å². The van der Waals surface area contributed by atoms with Crippen LogP contribution in [0, 0.1) is 17.1 Å². The van der Waals surface area contributed by atoms with Gasteiger partial charge in [-0.05, 0) is 25.1 Å². The zero-order valence-electron chi connectivity index (χ0n) is 13.5. The molecular formula is C17H14FN3O3S. The molecule has 0 bridgehead atoms. The Hall–Kier alpha value is -3.05. The smallest absolute Gasteiger partial charge is 0.332 e. The number of hydrogen-bond donors (Lipinski definition) is 0. The van der Waals surface area contributed by atoms with Crippen molar-refractivity contribution in [3.63, 3.8) is 0 Å². The third-order valence-corrected chi connectivity index (χ3v) is 3.82. The highest BCUT2D eigenvalue weighted by Crippen LogP contribution is 2.30. The molecule has 8 heteroatoms. The number of para-hydroxylation sites is 1. The number of benzene rings is 1. The van der Waals surface area contributed by atoms with Crippen molar-refractivity contribution >= 4 is 40.1 Å². The van der Waals surface area contributed by atoms with Gasteiger partial charge in [-0.1, -0.05) is 12.1 Å². The number of esters is 1. The summed E-state index contributed by atoms with van der Waals surface area (Å²) in [7, 11) is 0. The topological polar surface area (TPSA) is 83.3 Å². The van der Waals surface area contributed by atoms with E-state index in [1.807, 2.05) is 0 Å². The van der Waals surface area contributed by atoms with E-state index in [1.54, 1.807) is 17.5 Å². The fourth-order valence-electron chi connectivity index (χ4n) is 1.89. The molecule has 0 saturated heterocycles. The van der Waals surface area contributed by atoms with Crippen LogP contribution in [0.25, 0.3) is 6.08 Å². The van der Waals surface area contributed by atoms with Gasteiger partial charge in [0.15, 0.2) is 11.2 Å². The molecular weight excluding hydrogens is 345 g/mol. The summed E-state index contributed by atoms with van der Waals surface area (Å²) in [6.07, 6.45) is 1.68. The zero-order chi connectivity index (χ0) is 18.4. The van der Waals surface area contributed by atoms with E-state index in [2.05, 4.69) is 4.98 Å². The van der Waals surface area contributed by atoms with Gasteiger partial charge < -0.3 is 4.74 Å². The SMILES string of the molecule is CC(=O)N(c1nc(/C=C/C(=O)O[C@@H](C)C#N)cs1)c1ccccc1F. The van der Waals surface area contributed by atoms with Gasteiger partial charge in [-0.15, -0.1) is 11.3 Å². The highest BCUT2D eigenvalue weighted by atomic mass is 32.1. The van der Waals surface area contributed by atoms with Crippen LogP contribution in [0.1, 0.15) is 19.5 Å². The lowest BCUT2D eigenvalue weighted by Gasteiger charge is -2.18. The van der Waals surface area contributed by atoms with Crippen molar-refractivity contribution in [3.8, 4) is 6.07 Å². The van der Waals surface area contributed by atoms with Gasteiger partial charge in [0.05, 0.1) is 11.4 Å². The number of anilines is 2. The van der Waals surface area contributed by atoms with Crippen LogP contribution < -0.4 is 4.90 Å². The molecule has 1 atom stereocenters. The molecule has 2 rings (SSSR count). The Morgan fingerprint density at radius 1 is 1.44 bits per heavy atom. The lowest BCUT2D eigenvalue weighted by Crippen LogP contribution is -2.23. The summed E-state index contributed by atoms with van der Waals surface area (Å²) in [6.45, 7) is 2.76. The number of aromatic nitrogens is 1. The van der Waals surface area contributed by atoms with Gasteiger partial charge in [-0.2, -0.15) is 5.26 Å². The first kappa shape index (κ1) is 18.3.